The van der Waals surface area contributed by atoms with Crippen LogP contribution in [0.2, 0.25) is 0 Å². The minimum Gasteiger partial charge on any atom is -0.377 e. The zero-order chi connectivity index (χ0) is 14.6. The fraction of sp³-hybridized carbons (Fsp3) is 0.733. The fourth-order valence-corrected chi connectivity index (χ4v) is 2.63. The second kappa shape index (κ2) is 6.39. The molecule has 20 heavy (non-hydrogen) atoms. The molecular weight excluding hydrogens is 252 g/mol. The smallest absolute Gasteiger partial charge is 0.224 e. The van der Waals surface area contributed by atoms with Crippen molar-refractivity contribution in [1.29, 1.82) is 0 Å². The van der Waals surface area contributed by atoms with E-state index in [9.17, 15) is 0 Å². The summed E-state index contributed by atoms with van der Waals surface area (Å²) in [7, 11) is 1.80. The average molecular weight is 278 g/mol. The fourth-order valence-electron chi connectivity index (χ4n) is 2.63. The van der Waals surface area contributed by atoms with Gasteiger partial charge in [-0.1, -0.05) is 6.92 Å². The number of piperidine rings is 1. The van der Waals surface area contributed by atoms with Gasteiger partial charge in [-0.2, -0.15) is 4.98 Å². The Morgan fingerprint density at radius 3 is 3.00 bits per heavy atom. The molecule has 5 heteroatoms. The summed E-state index contributed by atoms with van der Waals surface area (Å²) < 4.78 is 5.66. The van der Waals surface area contributed by atoms with Crippen LogP contribution >= 0.6 is 0 Å². The van der Waals surface area contributed by atoms with Crippen molar-refractivity contribution < 1.29 is 4.74 Å². The lowest BCUT2D eigenvalue weighted by Gasteiger charge is -2.40. The monoisotopic (exact) mass is 278 g/mol. The van der Waals surface area contributed by atoms with Gasteiger partial charge in [-0.25, -0.2) is 4.98 Å². The van der Waals surface area contributed by atoms with Gasteiger partial charge in [0.25, 0.3) is 0 Å². The third-order valence-corrected chi connectivity index (χ3v) is 3.93. The molecule has 1 aromatic heterocycles. The molecule has 1 aliphatic heterocycles. The molecule has 1 aliphatic rings. The van der Waals surface area contributed by atoms with Gasteiger partial charge in [0.1, 0.15) is 5.82 Å². The van der Waals surface area contributed by atoms with E-state index in [0.717, 1.165) is 56.2 Å². The first-order valence-corrected chi connectivity index (χ1v) is 7.45. The van der Waals surface area contributed by atoms with E-state index < -0.39 is 0 Å². The SMILES string of the molecule is CCCNc1ncc(C)c(N2CCCC(C)(OC)C2)n1. The van der Waals surface area contributed by atoms with Crippen LogP contribution in [0, 0.1) is 6.92 Å². The van der Waals surface area contributed by atoms with Gasteiger partial charge >= 0.3 is 0 Å². The second-order valence-electron chi connectivity index (χ2n) is 5.81. The van der Waals surface area contributed by atoms with Gasteiger partial charge in [0, 0.05) is 38.5 Å². The maximum absolute atomic E-state index is 5.66. The van der Waals surface area contributed by atoms with Gasteiger partial charge in [0.2, 0.25) is 5.95 Å². The molecule has 0 amide bonds. The van der Waals surface area contributed by atoms with E-state index in [2.05, 4.69) is 41.0 Å². The average Bonchev–Trinajstić information content (AvgIpc) is 2.46. The van der Waals surface area contributed by atoms with Crippen LogP contribution in [-0.2, 0) is 4.74 Å². The van der Waals surface area contributed by atoms with Crippen LogP contribution in [0.5, 0.6) is 0 Å². The molecule has 1 fully saturated rings. The Kier molecular flexibility index (Phi) is 4.81. The first kappa shape index (κ1) is 15.0. The quantitative estimate of drug-likeness (QED) is 0.897. The molecule has 0 bridgehead atoms. The highest BCUT2D eigenvalue weighted by atomic mass is 16.5. The lowest BCUT2D eigenvalue weighted by Crippen LogP contribution is -2.48. The Labute approximate surface area is 121 Å². The highest BCUT2D eigenvalue weighted by molar-refractivity contribution is 5.49. The van der Waals surface area contributed by atoms with Crippen molar-refractivity contribution in [3.8, 4) is 0 Å². The summed E-state index contributed by atoms with van der Waals surface area (Å²) in [5, 5.41) is 3.26. The van der Waals surface area contributed by atoms with Crippen molar-refractivity contribution in [3.05, 3.63) is 11.8 Å². The number of nitrogens with zero attached hydrogens (tertiary/aromatic N) is 3. The minimum absolute atomic E-state index is 0.0767. The molecule has 112 valence electrons. The van der Waals surface area contributed by atoms with Gasteiger partial charge < -0.3 is 15.0 Å². The minimum atomic E-state index is -0.0767. The van der Waals surface area contributed by atoms with E-state index in [1.165, 1.54) is 0 Å². The molecule has 5 nitrogen and oxygen atoms in total. The van der Waals surface area contributed by atoms with Crippen molar-refractivity contribution >= 4 is 11.8 Å². The zero-order valence-electron chi connectivity index (χ0n) is 13.1. The molecule has 2 rings (SSSR count). The predicted octanol–water partition coefficient (Wildman–Crippen LogP) is 2.61. The molecule has 1 saturated heterocycles. The summed E-state index contributed by atoms with van der Waals surface area (Å²) in [5.74, 6) is 1.75. The van der Waals surface area contributed by atoms with Crippen LogP contribution in [0.25, 0.3) is 0 Å². The number of aryl methyl sites for hydroxylation is 1. The van der Waals surface area contributed by atoms with Crippen molar-refractivity contribution in [2.75, 3.05) is 37.0 Å². The van der Waals surface area contributed by atoms with E-state index in [-0.39, 0.29) is 5.60 Å². The maximum Gasteiger partial charge on any atom is 0.224 e. The lowest BCUT2D eigenvalue weighted by molar-refractivity contribution is -0.00483. The third kappa shape index (κ3) is 3.39. The van der Waals surface area contributed by atoms with Crippen molar-refractivity contribution in [3.63, 3.8) is 0 Å². The molecule has 0 radical (unpaired) electrons. The summed E-state index contributed by atoms with van der Waals surface area (Å²) in [5.41, 5.74) is 1.04. The Balaban J connectivity index is 2.18. The molecule has 1 unspecified atom stereocenters. The molecule has 0 aliphatic carbocycles. The second-order valence-corrected chi connectivity index (χ2v) is 5.81. The van der Waals surface area contributed by atoms with E-state index in [0.29, 0.717) is 0 Å². The maximum atomic E-state index is 5.66. The third-order valence-electron chi connectivity index (χ3n) is 3.93. The van der Waals surface area contributed by atoms with Gasteiger partial charge in [-0.3, -0.25) is 0 Å². The molecular formula is C15H26N4O. The normalized spacial score (nSPS) is 22.9. The number of methoxy groups -OCH3 is 1. The number of hydrogen-bond donors (Lipinski definition) is 1. The van der Waals surface area contributed by atoms with Crippen LogP contribution in [0.1, 0.15) is 38.7 Å². The van der Waals surface area contributed by atoms with Crippen LogP contribution in [0.15, 0.2) is 6.20 Å². The molecule has 0 spiro atoms. The van der Waals surface area contributed by atoms with Crippen LogP contribution in [-0.4, -0.2) is 42.3 Å². The summed E-state index contributed by atoms with van der Waals surface area (Å²) in [6.07, 6.45) is 5.20. The van der Waals surface area contributed by atoms with Crippen molar-refractivity contribution in [2.24, 2.45) is 0 Å². The van der Waals surface area contributed by atoms with Crippen LogP contribution in [0.4, 0.5) is 11.8 Å². The summed E-state index contributed by atoms with van der Waals surface area (Å²) >= 11 is 0. The summed E-state index contributed by atoms with van der Waals surface area (Å²) in [6, 6.07) is 0. The number of nitrogens with one attached hydrogen (secondary N) is 1. The molecule has 0 aromatic carbocycles. The Hall–Kier alpha value is -1.36. The number of aromatic nitrogens is 2. The van der Waals surface area contributed by atoms with Crippen LogP contribution in [0.3, 0.4) is 0 Å². The van der Waals surface area contributed by atoms with Gasteiger partial charge in [-0.05, 0) is 33.1 Å². The lowest BCUT2D eigenvalue weighted by atomic mass is 9.94. The van der Waals surface area contributed by atoms with Gasteiger partial charge in [0.05, 0.1) is 5.60 Å². The zero-order valence-corrected chi connectivity index (χ0v) is 13.1. The molecule has 2 heterocycles. The van der Waals surface area contributed by atoms with Crippen molar-refractivity contribution in [2.45, 2.75) is 45.6 Å². The van der Waals surface area contributed by atoms with E-state index >= 15 is 0 Å². The highest BCUT2D eigenvalue weighted by Gasteiger charge is 2.32. The first-order valence-electron chi connectivity index (χ1n) is 7.45. The van der Waals surface area contributed by atoms with Gasteiger partial charge in [-0.15, -0.1) is 0 Å². The summed E-state index contributed by atoms with van der Waals surface area (Å²) in [6.45, 7) is 9.19. The topological polar surface area (TPSA) is 50.3 Å². The number of rotatable bonds is 5. The number of anilines is 2. The molecule has 1 atom stereocenters. The van der Waals surface area contributed by atoms with E-state index in [1.807, 2.05) is 6.20 Å². The van der Waals surface area contributed by atoms with Crippen LogP contribution < -0.4 is 10.2 Å². The number of hydrogen-bond acceptors (Lipinski definition) is 5. The van der Waals surface area contributed by atoms with Gasteiger partial charge in [0.15, 0.2) is 0 Å². The molecule has 1 aromatic rings. The van der Waals surface area contributed by atoms with Crippen molar-refractivity contribution in [1.82, 2.24) is 9.97 Å². The largest absolute Gasteiger partial charge is 0.377 e. The Morgan fingerprint density at radius 2 is 2.30 bits per heavy atom. The molecule has 0 saturated carbocycles. The number of ether oxygens (including phenoxy) is 1. The highest BCUT2D eigenvalue weighted by Crippen LogP contribution is 2.28. The predicted molar refractivity (Wildman–Crippen MR) is 82.4 cm³/mol. The Morgan fingerprint density at radius 1 is 1.50 bits per heavy atom. The standard InChI is InChI=1S/C15H26N4O/c1-5-8-16-14-17-10-12(2)13(18-14)19-9-6-7-15(3,11-19)20-4/h10H,5-9,11H2,1-4H3,(H,16,17,18). The first-order chi connectivity index (χ1) is 9.58. The molecule has 1 N–H and O–H groups in total. The van der Waals surface area contributed by atoms with E-state index in [4.69, 9.17) is 4.74 Å². The summed E-state index contributed by atoms with van der Waals surface area (Å²) in [4.78, 5) is 11.3. The van der Waals surface area contributed by atoms with E-state index in [1.54, 1.807) is 7.11 Å². The Bertz CT molecular complexity index is 451.